The van der Waals surface area contributed by atoms with Crippen LogP contribution in [0, 0.1) is 18.6 Å². The van der Waals surface area contributed by atoms with Crippen molar-refractivity contribution in [2.75, 3.05) is 12.4 Å². The summed E-state index contributed by atoms with van der Waals surface area (Å²) in [7, 11) is 1.75. The normalized spacial score (nSPS) is 11.4. The van der Waals surface area contributed by atoms with Gasteiger partial charge in [0.2, 0.25) is 0 Å². The van der Waals surface area contributed by atoms with Crippen molar-refractivity contribution < 1.29 is 8.78 Å². The van der Waals surface area contributed by atoms with E-state index in [9.17, 15) is 8.78 Å². The molecular formula is C14H15BrF2N2. The summed E-state index contributed by atoms with van der Waals surface area (Å²) in [6.07, 6.45) is 0. The van der Waals surface area contributed by atoms with Gasteiger partial charge in [-0.05, 0) is 34.3 Å². The highest BCUT2D eigenvalue weighted by atomic mass is 79.9. The molecule has 0 unspecified atom stereocenters. The molecule has 0 saturated heterocycles. The molecule has 0 atom stereocenters. The largest absolute Gasteiger partial charge is 0.387 e. The van der Waals surface area contributed by atoms with Crippen molar-refractivity contribution in [1.82, 2.24) is 4.98 Å². The van der Waals surface area contributed by atoms with Crippen LogP contribution in [0.4, 0.5) is 14.5 Å². The van der Waals surface area contributed by atoms with Crippen LogP contribution < -0.4 is 5.32 Å². The van der Waals surface area contributed by atoms with Gasteiger partial charge in [-0.3, -0.25) is 0 Å². The highest BCUT2D eigenvalue weighted by molar-refractivity contribution is 9.10. The number of nitrogens with zero attached hydrogens (tertiary/aromatic N) is 1. The van der Waals surface area contributed by atoms with Gasteiger partial charge in [-0.2, -0.15) is 0 Å². The maximum Gasteiger partial charge on any atom is 0.152 e. The zero-order valence-corrected chi connectivity index (χ0v) is 12.8. The molecule has 1 N–H and O–H groups in total. The third kappa shape index (κ3) is 2.20. The maximum atomic E-state index is 13.9. The molecule has 0 aliphatic carbocycles. The molecule has 0 saturated carbocycles. The molecule has 0 bridgehead atoms. The Morgan fingerprint density at radius 1 is 1.26 bits per heavy atom. The molecule has 2 aromatic rings. The Labute approximate surface area is 119 Å². The highest BCUT2D eigenvalue weighted by Crippen LogP contribution is 2.39. The number of anilines is 1. The predicted molar refractivity (Wildman–Crippen MR) is 77.7 cm³/mol. The number of aromatic nitrogens is 1. The minimum absolute atomic E-state index is 0.180. The van der Waals surface area contributed by atoms with Crippen LogP contribution in [-0.2, 0) is 0 Å². The first-order chi connectivity index (χ1) is 8.88. The van der Waals surface area contributed by atoms with Gasteiger partial charge < -0.3 is 5.32 Å². The minimum atomic E-state index is -0.648. The number of hydrogen-bond donors (Lipinski definition) is 1. The van der Waals surface area contributed by atoms with Crippen molar-refractivity contribution in [3.05, 3.63) is 33.4 Å². The lowest BCUT2D eigenvalue weighted by Gasteiger charge is -2.19. The van der Waals surface area contributed by atoms with Crippen LogP contribution in [0.5, 0.6) is 0 Å². The van der Waals surface area contributed by atoms with E-state index in [1.165, 1.54) is 0 Å². The number of halogens is 3. The van der Waals surface area contributed by atoms with Crippen LogP contribution in [-0.4, -0.2) is 12.0 Å². The van der Waals surface area contributed by atoms with Gasteiger partial charge in [0.25, 0.3) is 0 Å². The smallest absolute Gasteiger partial charge is 0.152 e. The molecule has 0 amide bonds. The van der Waals surface area contributed by atoms with Crippen molar-refractivity contribution in [2.24, 2.45) is 0 Å². The minimum Gasteiger partial charge on any atom is -0.387 e. The molecule has 0 fully saturated rings. The lowest BCUT2D eigenvalue weighted by atomic mass is 9.96. The first kappa shape index (κ1) is 14.2. The van der Waals surface area contributed by atoms with E-state index in [0.717, 1.165) is 23.0 Å². The Balaban J connectivity index is 3.04. The molecule has 0 aliphatic heterocycles. The summed E-state index contributed by atoms with van der Waals surface area (Å²) < 4.78 is 27.9. The van der Waals surface area contributed by atoms with Gasteiger partial charge in [0.15, 0.2) is 5.82 Å². The third-order valence-corrected chi connectivity index (χ3v) is 3.94. The first-order valence-corrected chi connectivity index (χ1v) is 6.83. The van der Waals surface area contributed by atoms with Crippen LogP contribution >= 0.6 is 15.9 Å². The van der Waals surface area contributed by atoms with Gasteiger partial charge >= 0.3 is 0 Å². The molecule has 0 radical (unpaired) electrons. The fourth-order valence-electron chi connectivity index (χ4n) is 2.43. The molecule has 5 heteroatoms. The van der Waals surface area contributed by atoms with E-state index >= 15 is 0 Å². The molecule has 2 nitrogen and oxygen atoms in total. The average molecular weight is 329 g/mol. The average Bonchev–Trinajstić information content (AvgIpc) is 2.34. The molecule has 19 heavy (non-hydrogen) atoms. The van der Waals surface area contributed by atoms with Gasteiger partial charge in [-0.25, -0.2) is 13.8 Å². The molecular weight excluding hydrogens is 314 g/mol. The number of fused-ring (bicyclic) bond motifs is 1. The van der Waals surface area contributed by atoms with Crippen LogP contribution in [0.1, 0.15) is 31.0 Å². The van der Waals surface area contributed by atoms with Gasteiger partial charge in [-0.1, -0.05) is 13.8 Å². The Morgan fingerprint density at radius 3 is 2.42 bits per heavy atom. The Hall–Kier alpha value is -1.23. The lowest BCUT2D eigenvalue weighted by molar-refractivity contribution is 0.586. The topological polar surface area (TPSA) is 24.9 Å². The molecule has 0 aliphatic rings. The monoisotopic (exact) mass is 328 g/mol. The van der Waals surface area contributed by atoms with Crippen molar-refractivity contribution >= 4 is 32.5 Å². The SMILES string of the molecule is CNc1c(C(C)C)c(C)nc2c(F)cc(F)c(Br)c12. The summed E-state index contributed by atoms with van der Waals surface area (Å²) in [6, 6.07) is 0.855. The molecule has 0 spiro atoms. The van der Waals surface area contributed by atoms with E-state index in [1.54, 1.807) is 7.05 Å². The van der Waals surface area contributed by atoms with Crippen LogP contribution in [0.15, 0.2) is 10.5 Å². The lowest BCUT2D eigenvalue weighted by Crippen LogP contribution is -2.05. The molecule has 1 heterocycles. The maximum absolute atomic E-state index is 13.9. The standard InChI is InChI=1S/C14H15BrF2N2/c1-6(2)10-7(3)19-13-9(17)5-8(16)12(15)11(13)14(10)18-4/h5-6H,1-4H3,(H,18,19). The van der Waals surface area contributed by atoms with E-state index in [2.05, 4.69) is 26.2 Å². The highest BCUT2D eigenvalue weighted by Gasteiger charge is 2.20. The van der Waals surface area contributed by atoms with Gasteiger partial charge in [-0.15, -0.1) is 0 Å². The molecule has 102 valence electrons. The predicted octanol–water partition coefficient (Wildman–Crippen LogP) is 4.75. The number of pyridine rings is 1. The van der Waals surface area contributed by atoms with Crippen molar-refractivity contribution in [3.63, 3.8) is 0 Å². The van der Waals surface area contributed by atoms with Crippen LogP contribution in [0.2, 0.25) is 0 Å². The summed E-state index contributed by atoms with van der Waals surface area (Å²) in [6.45, 7) is 5.90. The Kier molecular flexibility index (Phi) is 3.76. The van der Waals surface area contributed by atoms with Gasteiger partial charge in [0.1, 0.15) is 11.3 Å². The van der Waals surface area contributed by atoms with Crippen molar-refractivity contribution in [3.8, 4) is 0 Å². The van der Waals surface area contributed by atoms with Gasteiger partial charge in [0, 0.05) is 29.9 Å². The summed E-state index contributed by atoms with van der Waals surface area (Å²) >= 11 is 3.19. The quantitative estimate of drug-likeness (QED) is 0.805. The number of hydrogen-bond acceptors (Lipinski definition) is 2. The second-order valence-corrected chi connectivity index (χ2v) is 5.56. The molecule has 1 aromatic heterocycles. The summed E-state index contributed by atoms with van der Waals surface area (Å²) in [4.78, 5) is 4.30. The molecule has 1 aromatic carbocycles. The fourth-order valence-corrected chi connectivity index (χ4v) is 2.93. The van der Waals surface area contributed by atoms with Gasteiger partial charge in [0.05, 0.1) is 4.47 Å². The fraction of sp³-hybridized carbons (Fsp3) is 0.357. The van der Waals surface area contributed by atoms with Crippen molar-refractivity contribution in [2.45, 2.75) is 26.7 Å². The van der Waals surface area contributed by atoms with Crippen LogP contribution in [0.3, 0.4) is 0 Å². The van der Waals surface area contributed by atoms with E-state index in [0.29, 0.717) is 5.39 Å². The first-order valence-electron chi connectivity index (χ1n) is 6.03. The van der Waals surface area contributed by atoms with E-state index in [1.807, 2.05) is 20.8 Å². The Bertz CT molecular complexity index is 654. The number of benzene rings is 1. The second kappa shape index (κ2) is 5.04. The number of rotatable bonds is 2. The number of nitrogens with one attached hydrogen (secondary N) is 1. The summed E-state index contributed by atoms with van der Waals surface area (Å²) in [5, 5.41) is 3.51. The second-order valence-electron chi connectivity index (χ2n) is 4.77. The van der Waals surface area contributed by atoms with E-state index < -0.39 is 11.6 Å². The summed E-state index contributed by atoms with van der Waals surface area (Å²) in [5.74, 6) is -1.06. The third-order valence-electron chi connectivity index (χ3n) is 3.16. The zero-order valence-electron chi connectivity index (χ0n) is 11.2. The van der Waals surface area contributed by atoms with Crippen LogP contribution in [0.25, 0.3) is 10.9 Å². The number of aryl methyl sites for hydroxylation is 1. The van der Waals surface area contributed by atoms with E-state index in [-0.39, 0.29) is 15.9 Å². The van der Waals surface area contributed by atoms with Crippen molar-refractivity contribution in [1.29, 1.82) is 0 Å². The molecule has 2 rings (SSSR count). The summed E-state index contributed by atoms with van der Waals surface area (Å²) in [5.41, 5.74) is 2.63. The Morgan fingerprint density at radius 2 is 1.89 bits per heavy atom. The van der Waals surface area contributed by atoms with E-state index in [4.69, 9.17) is 0 Å². The zero-order chi connectivity index (χ0) is 14.3.